The molecule has 1 aromatic carbocycles. The highest BCUT2D eigenvalue weighted by atomic mass is 16.1. The lowest BCUT2D eigenvalue weighted by atomic mass is 9.81. The van der Waals surface area contributed by atoms with Gasteiger partial charge in [0.1, 0.15) is 0 Å². The van der Waals surface area contributed by atoms with E-state index in [1.54, 1.807) is 6.08 Å². The first-order chi connectivity index (χ1) is 10.9. The maximum atomic E-state index is 10.4. The van der Waals surface area contributed by atoms with Gasteiger partial charge in [-0.3, -0.25) is 0 Å². The number of nitrogens with zero attached hydrogens (tertiary/aromatic N) is 1. The molecule has 1 aliphatic rings. The molecular weight excluding hydrogens is 284 g/mol. The lowest BCUT2D eigenvalue weighted by Crippen LogP contribution is -2.19. The highest BCUT2D eigenvalue weighted by Gasteiger charge is 2.22. The summed E-state index contributed by atoms with van der Waals surface area (Å²) in [7, 11) is 0. The minimum atomic E-state index is 0.201. The first-order valence-corrected chi connectivity index (χ1v) is 8.91. The van der Waals surface area contributed by atoms with E-state index in [0.717, 1.165) is 37.8 Å². The van der Waals surface area contributed by atoms with Gasteiger partial charge in [0.2, 0.25) is 6.08 Å². The molecule has 0 aliphatic heterocycles. The number of hydrogen-bond acceptors (Lipinski definition) is 3. The van der Waals surface area contributed by atoms with Crippen molar-refractivity contribution in [1.29, 1.82) is 0 Å². The zero-order valence-corrected chi connectivity index (χ0v) is 14.9. The van der Waals surface area contributed by atoms with Crippen LogP contribution in [-0.4, -0.2) is 12.1 Å². The average molecular weight is 314 g/mol. The second-order valence-corrected chi connectivity index (χ2v) is 7.60. The van der Waals surface area contributed by atoms with E-state index in [2.05, 4.69) is 44.8 Å². The highest BCUT2D eigenvalue weighted by molar-refractivity contribution is 5.58. The van der Waals surface area contributed by atoms with Crippen molar-refractivity contribution in [3.63, 3.8) is 0 Å². The quantitative estimate of drug-likeness (QED) is 0.475. The Morgan fingerprint density at radius 1 is 1.09 bits per heavy atom. The van der Waals surface area contributed by atoms with Gasteiger partial charge >= 0.3 is 0 Å². The van der Waals surface area contributed by atoms with Gasteiger partial charge in [0.05, 0.1) is 6.04 Å². The molecule has 2 rings (SSSR count). The van der Waals surface area contributed by atoms with Crippen LogP contribution in [0.5, 0.6) is 0 Å². The molecule has 1 fully saturated rings. The van der Waals surface area contributed by atoms with Crippen LogP contribution in [0.25, 0.3) is 0 Å². The third-order valence-corrected chi connectivity index (χ3v) is 5.12. The molecule has 3 heteroatoms. The number of nitrogen functional groups attached to an aromatic ring is 1. The van der Waals surface area contributed by atoms with Gasteiger partial charge in [0.25, 0.3) is 0 Å². The molecule has 126 valence electrons. The average Bonchev–Trinajstić information content (AvgIpc) is 2.50. The zero-order chi connectivity index (χ0) is 17.0. The number of isocyanates is 1. The van der Waals surface area contributed by atoms with Gasteiger partial charge in [0.15, 0.2) is 0 Å². The first-order valence-electron chi connectivity index (χ1n) is 8.91. The van der Waals surface area contributed by atoms with Crippen molar-refractivity contribution in [3.05, 3.63) is 28.8 Å². The van der Waals surface area contributed by atoms with Crippen LogP contribution < -0.4 is 5.73 Å². The molecule has 0 atom stereocenters. The molecular formula is C20H30N2O. The second kappa shape index (κ2) is 7.79. The number of hydrogen-bond donors (Lipinski definition) is 1. The van der Waals surface area contributed by atoms with Crippen LogP contribution in [0.4, 0.5) is 5.69 Å². The predicted octanol–water partition coefficient (Wildman–Crippen LogP) is 4.95. The summed E-state index contributed by atoms with van der Waals surface area (Å²) in [4.78, 5) is 14.3. The van der Waals surface area contributed by atoms with Crippen molar-refractivity contribution < 1.29 is 4.79 Å². The van der Waals surface area contributed by atoms with Crippen molar-refractivity contribution in [1.82, 2.24) is 0 Å². The zero-order valence-electron chi connectivity index (χ0n) is 14.9. The van der Waals surface area contributed by atoms with Crippen molar-refractivity contribution in [2.24, 2.45) is 10.9 Å². The highest BCUT2D eigenvalue weighted by Crippen LogP contribution is 2.34. The molecule has 0 unspecified atom stereocenters. The lowest BCUT2D eigenvalue weighted by molar-refractivity contribution is 0.325. The maximum Gasteiger partial charge on any atom is 0.235 e. The standard InChI is InChI=1S/C20H30N2O/c1-13(2)18-10-16(11-19(14(3)4)20(18)21)9-15-5-7-17(8-6-15)22-12-23/h10-11,13-15,17H,5-9,21H2,1-4H3. The fraction of sp³-hybridized carbons (Fsp3) is 0.650. The summed E-state index contributed by atoms with van der Waals surface area (Å²) in [6, 6.07) is 4.82. The Labute approximate surface area is 140 Å². The summed E-state index contributed by atoms with van der Waals surface area (Å²) in [5, 5.41) is 0. The Balaban J connectivity index is 2.15. The van der Waals surface area contributed by atoms with Crippen LogP contribution in [0.3, 0.4) is 0 Å². The summed E-state index contributed by atoms with van der Waals surface area (Å²) in [6.45, 7) is 8.84. The monoisotopic (exact) mass is 314 g/mol. The number of rotatable bonds is 5. The van der Waals surface area contributed by atoms with Gasteiger partial charge in [-0.1, -0.05) is 39.8 Å². The summed E-state index contributed by atoms with van der Waals surface area (Å²) < 4.78 is 0. The fourth-order valence-electron chi connectivity index (χ4n) is 3.72. The molecule has 0 radical (unpaired) electrons. The topological polar surface area (TPSA) is 55.5 Å². The van der Waals surface area contributed by atoms with Crippen molar-refractivity contribution in [2.45, 2.75) is 77.7 Å². The molecule has 2 N–H and O–H groups in total. The number of carbonyl (C=O) groups excluding carboxylic acids is 1. The van der Waals surface area contributed by atoms with Crippen LogP contribution in [0.1, 0.15) is 81.9 Å². The minimum absolute atomic E-state index is 0.201. The van der Waals surface area contributed by atoms with Crippen LogP contribution >= 0.6 is 0 Å². The maximum absolute atomic E-state index is 10.4. The third kappa shape index (κ3) is 4.45. The fourth-order valence-corrected chi connectivity index (χ4v) is 3.72. The Kier molecular flexibility index (Phi) is 6.01. The molecule has 3 nitrogen and oxygen atoms in total. The van der Waals surface area contributed by atoms with Gasteiger partial charge in [-0.15, -0.1) is 0 Å². The van der Waals surface area contributed by atoms with Crippen LogP contribution in [0.2, 0.25) is 0 Å². The molecule has 1 aromatic rings. The van der Waals surface area contributed by atoms with E-state index < -0.39 is 0 Å². The lowest BCUT2D eigenvalue weighted by Gasteiger charge is -2.26. The Hall–Kier alpha value is -1.60. The molecule has 0 amide bonds. The van der Waals surface area contributed by atoms with Crippen molar-refractivity contribution in [2.75, 3.05) is 5.73 Å². The van der Waals surface area contributed by atoms with E-state index in [-0.39, 0.29) is 6.04 Å². The summed E-state index contributed by atoms with van der Waals surface area (Å²) >= 11 is 0. The largest absolute Gasteiger partial charge is 0.398 e. The van der Waals surface area contributed by atoms with Crippen molar-refractivity contribution in [3.8, 4) is 0 Å². The molecule has 1 saturated carbocycles. The van der Waals surface area contributed by atoms with E-state index in [9.17, 15) is 4.79 Å². The predicted molar refractivity (Wildman–Crippen MR) is 96.6 cm³/mol. The van der Waals surface area contributed by atoms with E-state index in [1.165, 1.54) is 16.7 Å². The number of nitrogens with two attached hydrogens (primary N) is 1. The van der Waals surface area contributed by atoms with Crippen LogP contribution in [-0.2, 0) is 11.2 Å². The van der Waals surface area contributed by atoms with Gasteiger partial charge in [-0.25, -0.2) is 9.79 Å². The Bertz CT molecular complexity index is 548. The molecule has 0 spiro atoms. The Morgan fingerprint density at radius 3 is 2.04 bits per heavy atom. The SMILES string of the molecule is CC(C)c1cc(CC2CCC(N=C=O)CC2)cc(C(C)C)c1N. The van der Waals surface area contributed by atoms with Crippen LogP contribution in [0, 0.1) is 5.92 Å². The van der Waals surface area contributed by atoms with E-state index in [4.69, 9.17) is 5.73 Å². The smallest absolute Gasteiger partial charge is 0.235 e. The van der Waals surface area contributed by atoms with Crippen molar-refractivity contribution >= 4 is 11.8 Å². The molecule has 1 aliphatic carbocycles. The van der Waals surface area contributed by atoms with Gasteiger partial charge in [0, 0.05) is 5.69 Å². The molecule has 0 heterocycles. The number of anilines is 1. The third-order valence-electron chi connectivity index (χ3n) is 5.12. The van der Waals surface area contributed by atoms with Gasteiger partial charge in [-0.2, -0.15) is 0 Å². The normalized spacial score (nSPS) is 21.5. The first kappa shape index (κ1) is 17.7. The number of benzene rings is 1. The van der Waals surface area contributed by atoms with E-state index in [0.29, 0.717) is 17.8 Å². The summed E-state index contributed by atoms with van der Waals surface area (Å²) in [5.74, 6) is 1.59. The molecule has 0 aromatic heterocycles. The Morgan fingerprint density at radius 2 is 1.61 bits per heavy atom. The van der Waals surface area contributed by atoms with Gasteiger partial charge < -0.3 is 5.73 Å². The molecule has 23 heavy (non-hydrogen) atoms. The number of aliphatic imine (C=N–C) groups is 1. The van der Waals surface area contributed by atoms with E-state index >= 15 is 0 Å². The molecule has 0 saturated heterocycles. The summed E-state index contributed by atoms with van der Waals surface area (Å²) in [5.41, 5.74) is 11.3. The minimum Gasteiger partial charge on any atom is -0.398 e. The molecule has 0 bridgehead atoms. The van der Waals surface area contributed by atoms with E-state index in [1.807, 2.05) is 0 Å². The van der Waals surface area contributed by atoms with Gasteiger partial charge in [-0.05, 0) is 66.5 Å². The van der Waals surface area contributed by atoms with Crippen LogP contribution in [0.15, 0.2) is 17.1 Å². The second-order valence-electron chi connectivity index (χ2n) is 7.60. The summed E-state index contributed by atoms with van der Waals surface area (Å²) in [6.07, 6.45) is 7.15.